The first-order valence-electron chi connectivity index (χ1n) is 5.94. The van der Waals surface area contributed by atoms with Gasteiger partial charge in [-0.2, -0.15) is 8.42 Å². The molecule has 2 radical (unpaired) electrons. The van der Waals surface area contributed by atoms with Crippen molar-refractivity contribution >= 4 is 24.8 Å². The lowest BCUT2D eigenvalue weighted by Gasteiger charge is -2.24. The SMILES string of the molecule is CCC(C)(C)[Si]c1c(C)cc(C)cc1S(=O)(=O)O. The standard InChI is InChI=1S/C13H20O3SSi/c1-6-13(4,5)18-12-10(3)7-9(2)8-11(12)17(14,15)16/h7-8H,6H2,1-5H3,(H,14,15,16). The summed E-state index contributed by atoms with van der Waals surface area (Å²) in [4.78, 5) is 0.0693. The van der Waals surface area contributed by atoms with Gasteiger partial charge in [0.15, 0.2) is 0 Å². The molecular weight excluding hydrogens is 264 g/mol. The van der Waals surface area contributed by atoms with Crippen LogP contribution in [0.3, 0.4) is 0 Å². The van der Waals surface area contributed by atoms with E-state index in [1.54, 1.807) is 6.07 Å². The van der Waals surface area contributed by atoms with E-state index < -0.39 is 10.1 Å². The Balaban J connectivity index is 3.43. The van der Waals surface area contributed by atoms with Crippen molar-refractivity contribution in [2.75, 3.05) is 0 Å². The second kappa shape index (κ2) is 5.15. The van der Waals surface area contributed by atoms with Crippen LogP contribution in [0, 0.1) is 13.8 Å². The van der Waals surface area contributed by atoms with E-state index in [0.717, 1.165) is 22.7 Å². The zero-order valence-electron chi connectivity index (χ0n) is 11.5. The highest BCUT2D eigenvalue weighted by Crippen LogP contribution is 2.27. The highest BCUT2D eigenvalue weighted by Gasteiger charge is 2.25. The van der Waals surface area contributed by atoms with Gasteiger partial charge in [0.25, 0.3) is 10.1 Å². The normalized spacial score (nSPS) is 12.8. The molecule has 0 aromatic heterocycles. The zero-order valence-corrected chi connectivity index (χ0v) is 13.4. The number of aryl methyl sites for hydroxylation is 2. The summed E-state index contributed by atoms with van der Waals surface area (Å²) in [6, 6.07) is 3.51. The monoisotopic (exact) mass is 284 g/mol. The first kappa shape index (κ1) is 15.4. The Bertz CT molecular complexity index is 548. The molecule has 5 heteroatoms. The molecular formula is C13H20O3SSi. The molecule has 1 aromatic carbocycles. The van der Waals surface area contributed by atoms with E-state index in [1.165, 1.54) is 0 Å². The Morgan fingerprint density at radius 2 is 1.83 bits per heavy atom. The third-order valence-corrected chi connectivity index (χ3v) is 6.07. The molecule has 0 spiro atoms. The van der Waals surface area contributed by atoms with Crippen LogP contribution in [0.5, 0.6) is 0 Å². The van der Waals surface area contributed by atoms with Gasteiger partial charge >= 0.3 is 0 Å². The number of benzene rings is 1. The number of rotatable bonds is 4. The maximum atomic E-state index is 11.5. The fourth-order valence-electron chi connectivity index (χ4n) is 1.72. The van der Waals surface area contributed by atoms with Crippen molar-refractivity contribution in [1.29, 1.82) is 0 Å². The topological polar surface area (TPSA) is 54.4 Å². The van der Waals surface area contributed by atoms with Crippen LogP contribution in [-0.4, -0.2) is 22.5 Å². The van der Waals surface area contributed by atoms with Crippen molar-refractivity contribution in [2.45, 2.75) is 51.0 Å². The van der Waals surface area contributed by atoms with Crippen LogP contribution in [0.15, 0.2) is 17.0 Å². The molecule has 0 atom stereocenters. The van der Waals surface area contributed by atoms with Crippen molar-refractivity contribution in [1.82, 2.24) is 0 Å². The minimum absolute atomic E-state index is 0.0411. The summed E-state index contributed by atoms with van der Waals surface area (Å²) in [7, 11) is -3.79. The summed E-state index contributed by atoms with van der Waals surface area (Å²) in [6.07, 6.45) is 0.962. The smallest absolute Gasteiger partial charge is 0.282 e. The predicted octanol–water partition coefficient (Wildman–Crippen LogP) is 2.49. The average Bonchev–Trinajstić information content (AvgIpc) is 2.20. The van der Waals surface area contributed by atoms with E-state index in [4.69, 9.17) is 0 Å². The summed E-state index contributed by atoms with van der Waals surface area (Å²) in [5, 5.41) is 0.800. The van der Waals surface area contributed by atoms with Gasteiger partial charge in [-0.05, 0) is 35.7 Å². The summed E-state index contributed by atoms with van der Waals surface area (Å²) in [5.41, 5.74) is 1.78. The lowest BCUT2D eigenvalue weighted by molar-refractivity contribution is 0.483. The Labute approximate surface area is 112 Å². The summed E-state index contributed by atoms with van der Waals surface area (Å²) in [5.74, 6) is 0. The lowest BCUT2D eigenvalue weighted by Crippen LogP contribution is -2.31. The second-order valence-electron chi connectivity index (χ2n) is 5.29. The van der Waals surface area contributed by atoms with Crippen LogP contribution in [0.25, 0.3) is 0 Å². The van der Waals surface area contributed by atoms with Gasteiger partial charge in [0, 0.05) is 0 Å². The van der Waals surface area contributed by atoms with Crippen molar-refractivity contribution in [3.63, 3.8) is 0 Å². The predicted molar refractivity (Wildman–Crippen MR) is 75.5 cm³/mol. The number of hydrogen-bond donors (Lipinski definition) is 1. The largest absolute Gasteiger partial charge is 0.294 e. The van der Waals surface area contributed by atoms with Crippen LogP contribution < -0.4 is 5.19 Å². The van der Waals surface area contributed by atoms with E-state index in [9.17, 15) is 13.0 Å². The van der Waals surface area contributed by atoms with E-state index in [0.29, 0.717) is 9.52 Å². The van der Waals surface area contributed by atoms with Gasteiger partial charge in [-0.25, -0.2) is 0 Å². The van der Waals surface area contributed by atoms with Gasteiger partial charge in [-0.15, -0.1) is 0 Å². The fourth-order valence-corrected chi connectivity index (χ4v) is 4.33. The molecule has 0 heterocycles. The maximum Gasteiger partial charge on any atom is 0.294 e. The third-order valence-electron chi connectivity index (χ3n) is 3.07. The van der Waals surface area contributed by atoms with Crippen LogP contribution >= 0.6 is 0 Å². The first-order chi connectivity index (χ1) is 8.07. The van der Waals surface area contributed by atoms with E-state index >= 15 is 0 Å². The average molecular weight is 284 g/mol. The van der Waals surface area contributed by atoms with Crippen molar-refractivity contribution in [3.05, 3.63) is 23.3 Å². The van der Waals surface area contributed by atoms with Crippen LogP contribution in [0.1, 0.15) is 38.3 Å². The quantitative estimate of drug-likeness (QED) is 0.682. The molecule has 0 aliphatic heterocycles. The van der Waals surface area contributed by atoms with Gasteiger partial charge in [-0.1, -0.05) is 38.8 Å². The molecule has 18 heavy (non-hydrogen) atoms. The summed E-state index contributed by atoms with van der Waals surface area (Å²) >= 11 is 0. The zero-order chi connectivity index (χ0) is 14.1. The molecule has 0 aliphatic rings. The van der Waals surface area contributed by atoms with Gasteiger partial charge < -0.3 is 0 Å². The van der Waals surface area contributed by atoms with Gasteiger partial charge in [0.1, 0.15) is 0 Å². The Morgan fingerprint density at radius 3 is 2.28 bits per heavy atom. The molecule has 0 fully saturated rings. The molecule has 0 saturated heterocycles. The van der Waals surface area contributed by atoms with Crippen LogP contribution in [0.4, 0.5) is 0 Å². The first-order valence-corrected chi connectivity index (χ1v) is 8.38. The second-order valence-corrected chi connectivity index (χ2v) is 8.79. The Morgan fingerprint density at radius 1 is 1.28 bits per heavy atom. The molecule has 100 valence electrons. The summed E-state index contributed by atoms with van der Waals surface area (Å²) in [6.45, 7) is 10.0. The molecule has 1 aromatic rings. The van der Waals surface area contributed by atoms with Gasteiger partial charge in [0.2, 0.25) is 0 Å². The molecule has 0 unspecified atom stereocenters. The summed E-state index contributed by atoms with van der Waals surface area (Å²) < 4.78 is 32.3. The fraction of sp³-hybridized carbons (Fsp3) is 0.538. The molecule has 1 N–H and O–H groups in total. The van der Waals surface area contributed by atoms with Crippen LogP contribution in [-0.2, 0) is 10.1 Å². The highest BCUT2D eigenvalue weighted by molar-refractivity contribution is 7.86. The van der Waals surface area contributed by atoms with E-state index in [2.05, 4.69) is 20.8 Å². The Hall–Kier alpha value is -0.653. The van der Waals surface area contributed by atoms with Crippen molar-refractivity contribution in [2.24, 2.45) is 0 Å². The highest BCUT2D eigenvalue weighted by atomic mass is 32.2. The Kier molecular flexibility index (Phi) is 4.41. The molecule has 3 nitrogen and oxygen atoms in total. The van der Waals surface area contributed by atoms with E-state index in [1.807, 2.05) is 19.9 Å². The molecule has 0 bridgehead atoms. The maximum absolute atomic E-state index is 11.5. The van der Waals surface area contributed by atoms with Gasteiger partial charge in [-0.3, -0.25) is 4.55 Å². The minimum atomic E-state index is -4.15. The molecule has 1 rings (SSSR count). The number of hydrogen-bond acceptors (Lipinski definition) is 2. The molecule has 0 saturated carbocycles. The molecule has 0 amide bonds. The van der Waals surface area contributed by atoms with Gasteiger partial charge in [0.05, 0.1) is 14.4 Å². The molecule has 0 aliphatic carbocycles. The van der Waals surface area contributed by atoms with Crippen LogP contribution in [0.2, 0.25) is 5.04 Å². The minimum Gasteiger partial charge on any atom is -0.282 e. The van der Waals surface area contributed by atoms with E-state index in [-0.39, 0.29) is 9.93 Å². The third kappa shape index (κ3) is 3.67. The van der Waals surface area contributed by atoms with Crippen molar-refractivity contribution < 1.29 is 13.0 Å². The van der Waals surface area contributed by atoms with Crippen molar-refractivity contribution in [3.8, 4) is 0 Å². The lowest BCUT2D eigenvalue weighted by atomic mass is 10.1.